The van der Waals surface area contributed by atoms with Gasteiger partial charge in [0.2, 0.25) is 0 Å². The van der Waals surface area contributed by atoms with Crippen LogP contribution in [-0.4, -0.2) is 61.0 Å². The smallest absolute Gasteiger partial charge is 0.254 e. The Labute approximate surface area is 154 Å². The first-order valence-electron chi connectivity index (χ1n) is 8.84. The minimum absolute atomic E-state index is 0. The Morgan fingerprint density at radius 1 is 1.20 bits per heavy atom. The van der Waals surface area contributed by atoms with Crippen LogP contribution >= 0.6 is 12.4 Å². The number of likely N-dealkylation sites (tertiary alicyclic amines) is 1. The topological polar surface area (TPSA) is 35.6 Å². The van der Waals surface area contributed by atoms with Gasteiger partial charge >= 0.3 is 0 Å². The van der Waals surface area contributed by atoms with Crippen LogP contribution in [0, 0.1) is 11.6 Å². The molecule has 2 aliphatic rings. The highest BCUT2D eigenvalue weighted by Crippen LogP contribution is 2.17. The number of carbonyl (C=O) groups excluding carboxylic acids is 1. The largest absolute Gasteiger partial charge is 0.333 e. The van der Waals surface area contributed by atoms with Crippen LogP contribution < -0.4 is 5.32 Å². The Hall–Kier alpha value is -1.24. The molecule has 1 aromatic carbocycles. The fourth-order valence-corrected chi connectivity index (χ4v) is 3.60. The highest BCUT2D eigenvalue weighted by Gasteiger charge is 2.27. The minimum atomic E-state index is -0.970. The van der Waals surface area contributed by atoms with Crippen LogP contribution in [0.3, 0.4) is 0 Å². The van der Waals surface area contributed by atoms with E-state index in [1.807, 2.05) is 4.90 Å². The minimum Gasteiger partial charge on any atom is -0.333 e. The number of nitrogens with zero attached hydrogens (tertiary/aromatic N) is 2. The summed E-state index contributed by atoms with van der Waals surface area (Å²) in [6.45, 7) is 5.35. The fourth-order valence-electron chi connectivity index (χ4n) is 3.60. The summed E-state index contributed by atoms with van der Waals surface area (Å²) in [6.07, 6.45) is 4.39. The Morgan fingerprint density at radius 3 is 2.60 bits per heavy atom. The summed E-state index contributed by atoms with van der Waals surface area (Å²) in [6, 6.07) is 3.53. The molecule has 0 radical (unpaired) electrons. The molecule has 2 fully saturated rings. The molecule has 0 aliphatic carbocycles. The van der Waals surface area contributed by atoms with Crippen LogP contribution in [0.15, 0.2) is 18.2 Å². The molecule has 140 valence electrons. The van der Waals surface area contributed by atoms with Crippen LogP contribution in [0.2, 0.25) is 0 Å². The van der Waals surface area contributed by atoms with E-state index in [4.69, 9.17) is 0 Å². The maximum absolute atomic E-state index is 13.5. The lowest BCUT2D eigenvalue weighted by Gasteiger charge is -2.36. The van der Waals surface area contributed by atoms with Gasteiger partial charge < -0.3 is 15.1 Å². The number of hydrogen-bond acceptors (Lipinski definition) is 3. The summed E-state index contributed by atoms with van der Waals surface area (Å²) in [7, 11) is 0. The molecule has 7 heteroatoms. The average Bonchev–Trinajstić information content (AvgIpc) is 3.12. The first-order chi connectivity index (χ1) is 11.6. The Kier molecular flexibility index (Phi) is 7.59. The van der Waals surface area contributed by atoms with Gasteiger partial charge in [-0.15, -0.1) is 12.4 Å². The molecule has 25 heavy (non-hydrogen) atoms. The molecule has 1 unspecified atom stereocenters. The summed E-state index contributed by atoms with van der Waals surface area (Å²) >= 11 is 0. The van der Waals surface area contributed by atoms with Gasteiger partial charge in [-0.1, -0.05) is 0 Å². The quantitative estimate of drug-likeness (QED) is 0.862. The molecule has 0 spiro atoms. The van der Waals surface area contributed by atoms with Crippen molar-refractivity contribution in [2.24, 2.45) is 0 Å². The number of rotatable bonds is 5. The van der Waals surface area contributed by atoms with Crippen molar-refractivity contribution in [3.05, 3.63) is 35.4 Å². The lowest BCUT2D eigenvalue weighted by Crippen LogP contribution is -2.50. The molecule has 1 N–H and O–H groups in total. The predicted octanol–water partition coefficient (Wildman–Crippen LogP) is 2.68. The van der Waals surface area contributed by atoms with Crippen molar-refractivity contribution < 1.29 is 13.6 Å². The maximum atomic E-state index is 13.5. The number of benzene rings is 1. The molecule has 2 aliphatic heterocycles. The van der Waals surface area contributed by atoms with E-state index in [2.05, 4.69) is 10.2 Å². The van der Waals surface area contributed by atoms with Crippen molar-refractivity contribution in [3.63, 3.8) is 0 Å². The third-order valence-electron chi connectivity index (χ3n) is 4.99. The lowest BCUT2D eigenvalue weighted by molar-refractivity contribution is 0.0626. The molecule has 0 bridgehead atoms. The number of hydrogen-bond donors (Lipinski definition) is 1. The first-order valence-corrected chi connectivity index (χ1v) is 8.84. The van der Waals surface area contributed by atoms with Gasteiger partial charge in [-0.2, -0.15) is 0 Å². The summed E-state index contributed by atoms with van der Waals surface area (Å²) in [5.74, 6) is -2.10. The van der Waals surface area contributed by atoms with Gasteiger partial charge in [0.25, 0.3) is 5.91 Å². The van der Waals surface area contributed by atoms with Gasteiger partial charge in [-0.25, -0.2) is 8.78 Å². The number of piperidine rings is 1. The van der Waals surface area contributed by atoms with Crippen molar-refractivity contribution >= 4 is 18.3 Å². The van der Waals surface area contributed by atoms with Gasteiger partial charge in [0.1, 0.15) is 0 Å². The molecule has 1 amide bonds. The molecular weight excluding hydrogens is 348 g/mol. The molecule has 1 atom stereocenters. The zero-order valence-corrected chi connectivity index (χ0v) is 15.2. The van der Waals surface area contributed by atoms with Crippen molar-refractivity contribution in [1.29, 1.82) is 0 Å². The molecule has 4 nitrogen and oxygen atoms in total. The van der Waals surface area contributed by atoms with Crippen LogP contribution in [0.25, 0.3) is 0 Å². The predicted molar refractivity (Wildman–Crippen MR) is 96.2 cm³/mol. The second-order valence-corrected chi connectivity index (χ2v) is 6.68. The highest BCUT2D eigenvalue weighted by atomic mass is 35.5. The van der Waals surface area contributed by atoms with Gasteiger partial charge in [0.05, 0.1) is 0 Å². The van der Waals surface area contributed by atoms with Crippen molar-refractivity contribution in [2.45, 2.75) is 31.7 Å². The summed E-state index contributed by atoms with van der Waals surface area (Å²) < 4.78 is 26.7. The van der Waals surface area contributed by atoms with Crippen LogP contribution in [0.1, 0.15) is 36.0 Å². The van der Waals surface area contributed by atoms with Crippen molar-refractivity contribution in [3.8, 4) is 0 Å². The molecule has 0 saturated carbocycles. The van der Waals surface area contributed by atoms with Gasteiger partial charge in [-0.3, -0.25) is 4.79 Å². The number of carbonyl (C=O) groups is 1. The monoisotopic (exact) mass is 373 g/mol. The van der Waals surface area contributed by atoms with E-state index in [0.717, 1.165) is 57.7 Å². The van der Waals surface area contributed by atoms with E-state index < -0.39 is 11.6 Å². The van der Waals surface area contributed by atoms with Gasteiger partial charge in [0, 0.05) is 31.2 Å². The Morgan fingerprint density at radius 2 is 1.96 bits per heavy atom. The molecule has 2 heterocycles. The molecule has 1 aromatic rings. The van der Waals surface area contributed by atoms with Crippen LogP contribution in [0.4, 0.5) is 8.78 Å². The fraction of sp³-hybridized carbons (Fsp3) is 0.611. The summed E-state index contributed by atoms with van der Waals surface area (Å²) in [5.41, 5.74) is 0.223. The van der Waals surface area contributed by atoms with E-state index in [1.54, 1.807) is 0 Å². The van der Waals surface area contributed by atoms with E-state index in [0.29, 0.717) is 6.54 Å². The van der Waals surface area contributed by atoms with Crippen LogP contribution in [0.5, 0.6) is 0 Å². The summed E-state index contributed by atoms with van der Waals surface area (Å²) in [4.78, 5) is 17.1. The van der Waals surface area contributed by atoms with E-state index in [1.165, 1.54) is 18.9 Å². The van der Waals surface area contributed by atoms with E-state index >= 15 is 0 Å². The third kappa shape index (κ3) is 5.12. The number of amides is 1. The standard InChI is InChI=1S/C18H25F2N3O.ClH/c19-16-6-5-14(12-17(16)20)18(24)23(15-4-3-7-21-13-15)11-10-22-8-1-2-9-22;/h5-6,12,15,21H,1-4,7-11,13H2;1H. The average molecular weight is 374 g/mol. The van der Waals surface area contributed by atoms with E-state index in [9.17, 15) is 13.6 Å². The summed E-state index contributed by atoms with van der Waals surface area (Å²) in [5, 5.41) is 3.33. The zero-order valence-electron chi connectivity index (χ0n) is 14.3. The number of halogens is 3. The van der Waals surface area contributed by atoms with Crippen molar-refractivity contribution in [2.75, 3.05) is 39.3 Å². The Balaban J connectivity index is 0.00000225. The molecule has 3 rings (SSSR count). The molecular formula is C18H26ClF2N3O. The molecule has 0 aromatic heterocycles. The number of nitrogens with one attached hydrogen (secondary N) is 1. The second kappa shape index (κ2) is 9.46. The van der Waals surface area contributed by atoms with E-state index in [-0.39, 0.29) is 29.9 Å². The third-order valence-corrected chi connectivity index (χ3v) is 4.99. The maximum Gasteiger partial charge on any atom is 0.254 e. The van der Waals surface area contributed by atoms with Crippen molar-refractivity contribution in [1.82, 2.24) is 15.1 Å². The van der Waals surface area contributed by atoms with Crippen LogP contribution in [-0.2, 0) is 0 Å². The zero-order chi connectivity index (χ0) is 16.9. The van der Waals surface area contributed by atoms with Gasteiger partial charge in [-0.05, 0) is 63.5 Å². The normalized spacial score (nSPS) is 21.0. The highest BCUT2D eigenvalue weighted by molar-refractivity contribution is 5.94. The second-order valence-electron chi connectivity index (χ2n) is 6.68. The SMILES string of the molecule is Cl.O=C(c1ccc(F)c(F)c1)N(CCN1CCCC1)C1CCCNC1. The first kappa shape index (κ1) is 20.1. The lowest BCUT2D eigenvalue weighted by atomic mass is 10.0. The molecule has 2 saturated heterocycles. The Bertz CT molecular complexity index is 575. The van der Waals surface area contributed by atoms with Gasteiger partial charge in [0.15, 0.2) is 11.6 Å².